The van der Waals surface area contributed by atoms with E-state index in [9.17, 15) is 18.0 Å². The van der Waals surface area contributed by atoms with E-state index in [2.05, 4.69) is 5.32 Å². The monoisotopic (exact) mass is 477 g/mol. The van der Waals surface area contributed by atoms with Crippen LogP contribution in [0.3, 0.4) is 0 Å². The maximum atomic E-state index is 13.4. The Hall–Kier alpha value is -3.27. The highest BCUT2D eigenvalue weighted by Gasteiger charge is 2.30. The zero-order valence-electron chi connectivity index (χ0n) is 19.6. The number of amides is 2. The van der Waals surface area contributed by atoms with Crippen molar-refractivity contribution in [2.24, 2.45) is 0 Å². The molecule has 0 saturated heterocycles. The lowest BCUT2D eigenvalue weighted by Gasteiger charge is -2.31. The van der Waals surface area contributed by atoms with E-state index < -0.39 is 28.5 Å². The fourth-order valence-corrected chi connectivity index (χ4v) is 4.12. The van der Waals surface area contributed by atoms with Gasteiger partial charge in [-0.15, -0.1) is 0 Å². The number of nitrogens with zero attached hydrogens (tertiary/aromatic N) is 2. The number of anilines is 1. The number of methoxy groups -OCH3 is 2. The second kappa shape index (κ2) is 11.6. The number of benzene rings is 2. The van der Waals surface area contributed by atoms with Crippen molar-refractivity contribution in [3.05, 3.63) is 54.1 Å². The summed E-state index contributed by atoms with van der Waals surface area (Å²) in [6, 6.07) is 13.0. The van der Waals surface area contributed by atoms with Crippen molar-refractivity contribution < 1.29 is 27.5 Å². The maximum Gasteiger partial charge on any atom is 0.244 e. The standard InChI is InChI=1S/C23H31N3O6S/c1-6-24-23(28)17(2)25(15-18-10-8-7-9-11-18)22(27)16-26(33(5,29)30)19-12-13-20(31-3)21(14-19)32-4/h7-14,17H,6,15-16H2,1-5H3,(H,24,28)/t17-/m1/s1. The molecule has 33 heavy (non-hydrogen) atoms. The van der Waals surface area contributed by atoms with Gasteiger partial charge >= 0.3 is 0 Å². The molecule has 2 amide bonds. The smallest absolute Gasteiger partial charge is 0.244 e. The highest BCUT2D eigenvalue weighted by atomic mass is 32.2. The van der Waals surface area contributed by atoms with Crippen LogP contribution in [0, 0.1) is 0 Å². The highest BCUT2D eigenvalue weighted by molar-refractivity contribution is 7.92. The lowest BCUT2D eigenvalue weighted by Crippen LogP contribution is -2.51. The number of nitrogens with one attached hydrogen (secondary N) is 1. The van der Waals surface area contributed by atoms with Crippen molar-refractivity contribution in [3.8, 4) is 11.5 Å². The number of ether oxygens (including phenoxy) is 2. The van der Waals surface area contributed by atoms with Gasteiger partial charge in [0, 0.05) is 19.2 Å². The van der Waals surface area contributed by atoms with E-state index in [0.29, 0.717) is 18.0 Å². The molecule has 0 aliphatic heterocycles. The Balaban J connectivity index is 2.41. The summed E-state index contributed by atoms with van der Waals surface area (Å²) in [7, 11) is -0.922. The Morgan fingerprint density at radius 1 is 1.03 bits per heavy atom. The van der Waals surface area contributed by atoms with Crippen LogP contribution in [0.15, 0.2) is 48.5 Å². The molecule has 2 aromatic rings. The predicted octanol–water partition coefficient (Wildman–Crippen LogP) is 2.02. The quantitative estimate of drug-likeness (QED) is 0.531. The molecule has 0 fully saturated rings. The number of likely N-dealkylation sites (N-methyl/N-ethyl adjacent to an activating group) is 1. The van der Waals surface area contributed by atoms with Crippen LogP contribution in [0.5, 0.6) is 11.5 Å². The van der Waals surface area contributed by atoms with Gasteiger partial charge in [-0.05, 0) is 31.5 Å². The van der Waals surface area contributed by atoms with Crippen molar-refractivity contribution in [3.63, 3.8) is 0 Å². The normalized spacial score (nSPS) is 11.9. The molecule has 9 nitrogen and oxygen atoms in total. The number of sulfonamides is 1. The molecule has 0 aromatic heterocycles. The van der Waals surface area contributed by atoms with E-state index in [-0.39, 0.29) is 18.1 Å². The molecule has 0 spiro atoms. The molecular weight excluding hydrogens is 446 g/mol. The minimum atomic E-state index is -3.83. The zero-order chi connectivity index (χ0) is 24.6. The van der Waals surface area contributed by atoms with E-state index >= 15 is 0 Å². The van der Waals surface area contributed by atoms with Crippen LogP contribution in [0.1, 0.15) is 19.4 Å². The van der Waals surface area contributed by atoms with Gasteiger partial charge in [-0.2, -0.15) is 0 Å². The summed E-state index contributed by atoms with van der Waals surface area (Å²) < 4.78 is 36.7. The Kier molecular flexibility index (Phi) is 9.10. The van der Waals surface area contributed by atoms with Gasteiger partial charge in [-0.1, -0.05) is 30.3 Å². The summed E-state index contributed by atoms with van der Waals surface area (Å²) >= 11 is 0. The summed E-state index contributed by atoms with van der Waals surface area (Å²) in [5.74, 6) is -0.0823. The Labute approximate surface area is 195 Å². The number of carbonyl (C=O) groups is 2. The van der Waals surface area contributed by atoms with E-state index in [1.54, 1.807) is 19.9 Å². The molecule has 2 aromatic carbocycles. The topological polar surface area (TPSA) is 105 Å². The van der Waals surface area contributed by atoms with Crippen molar-refractivity contribution in [2.45, 2.75) is 26.4 Å². The molecule has 0 saturated carbocycles. The first kappa shape index (κ1) is 26.0. The fraction of sp³-hybridized carbons (Fsp3) is 0.391. The molecular formula is C23H31N3O6S. The van der Waals surface area contributed by atoms with Crippen LogP contribution in [-0.2, 0) is 26.2 Å². The van der Waals surface area contributed by atoms with Gasteiger partial charge in [-0.25, -0.2) is 8.42 Å². The van der Waals surface area contributed by atoms with E-state index in [4.69, 9.17) is 9.47 Å². The van der Waals surface area contributed by atoms with Crippen LogP contribution in [0.4, 0.5) is 5.69 Å². The number of hydrogen-bond donors (Lipinski definition) is 1. The van der Waals surface area contributed by atoms with E-state index in [1.807, 2.05) is 30.3 Å². The van der Waals surface area contributed by atoms with Gasteiger partial charge in [0.25, 0.3) is 0 Å². The first-order valence-corrected chi connectivity index (χ1v) is 12.3. The van der Waals surface area contributed by atoms with Gasteiger partial charge in [0.15, 0.2) is 11.5 Å². The third-order valence-electron chi connectivity index (χ3n) is 5.05. The Morgan fingerprint density at radius 2 is 1.67 bits per heavy atom. The summed E-state index contributed by atoms with van der Waals surface area (Å²) in [4.78, 5) is 27.3. The minimum Gasteiger partial charge on any atom is -0.493 e. The van der Waals surface area contributed by atoms with E-state index in [0.717, 1.165) is 16.1 Å². The lowest BCUT2D eigenvalue weighted by molar-refractivity contribution is -0.139. The van der Waals surface area contributed by atoms with Gasteiger partial charge in [-0.3, -0.25) is 13.9 Å². The second-order valence-corrected chi connectivity index (χ2v) is 9.29. The van der Waals surface area contributed by atoms with Crippen molar-refractivity contribution in [2.75, 3.05) is 37.9 Å². The molecule has 1 N–H and O–H groups in total. The van der Waals surface area contributed by atoms with Crippen LogP contribution < -0.4 is 19.1 Å². The van der Waals surface area contributed by atoms with Gasteiger partial charge < -0.3 is 19.7 Å². The van der Waals surface area contributed by atoms with Crippen molar-refractivity contribution >= 4 is 27.5 Å². The van der Waals surface area contributed by atoms with Crippen LogP contribution in [0.2, 0.25) is 0 Å². The molecule has 0 heterocycles. The van der Waals surface area contributed by atoms with Crippen molar-refractivity contribution in [1.82, 2.24) is 10.2 Å². The Morgan fingerprint density at radius 3 is 2.21 bits per heavy atom. The minimum absolute atomic E-state index is 0.154. The first-order chi connectivity index (χ1) is 15.6. The van der Waals surface area contributed by atoms with E-state index in [1.165, 1.54) is 31.3 Å². The van der Waals surface area contributed by atoms with Crippen LogP contribution >= 0.6 is 0 Å². The molecule has 0 aliphatic carbocycles. The lowest BCUT2D eigenvalue weighted by atomic mass is 10.1. The largest absolute Gasteiger partial charge is 0.493 e. The fourth-order valence-electron chi connectivity index (χ4n) is 3.28. The average Bonchev–Trinajstić information content (AvgIpc) is 2.80. The predicted molar refractivity (Wildman–Crippen MR) is 127 cm³/mol. The molecule has 0 radical (unpaired) electrons. The molecule has 1 atom stereocenters. The summed E-state index contributed by atoms with van der Waals surface area (Å²) in [6.07, 6.45) is 1.02. The van der Waals surface area contributed by atoms with Crippen LogP contribution in [-0.4, -0.2) is 64.7 Å². The number of rotatable bonds is 11. The van der Waals surface area contributed by atoms with Gasteiger partial charge in [0.05, 0.1) is 26.2 Å². The summed E-state index contributed by atoms with van der Waals surface area (Å²) in [5.41, 5.74) is 1.06. The molecule has 0 bridgehead atoms. The van der Waals surface area contributed by atoms with Crippen molar-refractivity contribution in [1.29, 1.82) is 0 Å². The van der Waals surface area contributed by atoms with Crippen LogP contribution in [0.25, 0.3) is 0 Å². The molecule has 0 unspecified atom stereocenters. The summed E-state index contributed by atoms with van der Waals surface area (Å²) in [6.45, 7) is 3.49. The third kappa shape index (κ3) is 6.85. The first-order valence-electron chi connectivity index (χ1n) is 10.4. The number of hydrogen-bond acceptors (Lipinski definition) is 6. The molecule has 0 aliphatic rings. The zero-order valence-corrected chi connectivity index (χ0v) is 20.4. The van der Waals surface area contributed by atoms with Gasteiger partial charge in [0.2, 0.25) is 21.8 Å². The highest BCUT2D eigenvalue weighted by Crippen LogP contribution is 2.32. The van der Waals surface area contributed by atoms with Gasteiger partial charge in [0.1, 0.15) is 12.6 Å². The molecule has 2 rings (SSSR count). The molecule has 10 heteroatoms. The summed E-state index contributed by atoms with van der Waals surface area (Å²) in [5, 5.41) is 2.71. The SMILES string of the molecule is CCNC(=O)[C@@H](C)N(Cc1ccccc1)C(=O)CN(c1ccc(OC)c(OC)c1)S(C)(=O)=O. The average molecular weight is 478 g/mol. The Bertz CT molecular complexity index is 1060. The second-order valence-electron chi connectivity index (χ2n) is 7.39. The number of carbonyl (C=O) groups excluding carboxylic acids is 2. The maximum absolute atomic E-state index is 13.4. The molecule has 180 valence electrons. The third-order valence-corrected chi connectivity index (χ3v) is 6.19.